The molecule has 23 heavy (non-hydrogen) atoms. The number of hydrogen-bond donors (Lipinski definition) is 4. The van der Waals surface area contributed by atoms with E-state index in [1.807, 2.05) is 18.2 Å². The smallest absolute Gasteiger partial charge is 0.241 e. The maximum atomic E-state index is 12.2. The molecule has 2 aliphatic rings. The van der Waals surface area contributed by atoms with Crippen molar-refractivity contribution in [1.82, 2.24) is 15.3 Å². The highest BCUT2D eigenvalue weighted by molar-refractivity contribution is 5.96. The molecule has 0 spiro atoms. The van der Waals surface area contributed by atoms with Gasteiger partial charge in [0.2, 0.25) is 5.91 Å². The first-order valence-electron chi connectivity index (χ1n) is 8.02. The quantitative estimate of drug-likeness (QED) is 0.679. The van der Waals surface area contributed by atoms with Crippen molar-refractivity contribution in [3.05, 3.63) is 24.0 Å². The third-order valence-electron chi connectivity index (χ3n) is 4.43. The number of nitrogens with zero attached hydrogens (tertiary/aromatic N) is 1. The molecule has 0 aliphatic carbocycles. The number of nitrogens with one attached hydrogen (secondary N) is 3. The van der Waals surface area contributed by atoms with Crippen molar-refractivity contribution < 1.29 is 14.6 Å². The molecular weight excluding hydrogens is 296 g/mol. The lowest BCUT2D eigenvalue weighted by molar-refractivity contribution is -0.117. The van der Waals surface area contributed by atoms with Crippen molar-refractivity contribution in [2.24, 2.45) is 0 Å². The number of carbonyl (C=O) groups is 1. The fraction of sp³-hybridized carbons (Fsp3) is 0.500. The van der Waals surface area contributed by atoms with E-state index in [1.54, 1.807) is 0 Å². The summed E-state index contributed by atoms with van der Waals surface area (Å²) in [6.07, 6.45) is 2.09. The maximum absolute atomic E-state index is 12.2. The fourth-order valence-electron chi connectivity index (χ4n) is 3.20. The van der Waals surface area contributed by atoms with E-state index in [-0.39, 0.29) is 18.1 Å². The Bertz CT molecular complexity index is 723. The Kier molecular flexibility index (Phi) is 3.76. The van der Waals surface area contributed by atoms with Crippen LogP contribution >= 0.6 is 0 Å². The maximum Gasteiger partial charge on any atom is 0.241 e. The van der Waals surface area contributed by atoms with Crippen molar-refractivity contribution in [1.29, 1.82) is 0 Å². The van der Waals surface area contributed by atoms with Crippen LogP contribution in [0, 0.1) is 0 Å². The summed E-state index contributed by atoms with van der Waals surface area (Å²) in [5.41, 5.74) is 2.46. The van der Waals surface area contributed by atoms with Gasteiger partial charge >= 0.3 is 0 Å². The highest BCUT2D eigenvalue weighted by Crippen LogP contribution is 2.28. The van der Waals surface area contributed by atoms with Crippen LogP contribution < -0.4 is 10.6 Å². The molecule has 0 saturated carbocycles. The Morgan fingerprint density at radius 3 is 3.09 bits per heavy atom. The molecule has 122 valence electrons. The zero-order valence-electron chi connectivity index (χ0n) is 12.7. The lowest BCUT2D eigenvalue weighted by atomic mass is 10.2. The summed E-state index contributed by atoms with van der Waals surface area (Å²) >= 11 is 0. The van der Waals surface area contributed by atoms with E-state index < -0.39 is 6.10 Å². The summed E-state index contributed by atoms with van der Waals surface area (Å²) in [6, 6.07) is 5.26. The molecule has 3 heterocycles. The normalized spacial score (nSPS) is 27.6. The second-order valence-electron chi connectivity index (χ2n) is 6.20. The minimum Gasteiger partial charge on any atom is -0.392 e. The first-order chi connectivity index (χ1) is 11.2. The van der Waals surface area contributed by atoms with Gasteiger partial charge in [-0.3, -0.25) is 4.79 Å². The Morgan fingerprint density at radius 2 is 2.35 bits per heavy atom. The number of anilines is 1. The van der Waals surface area contributed by atoms with E-state index in [0.29, 0.717) is 18.7 Å². The number of benzene rings is 1. The summed E-state index contributed by atoms with van der Waals surface area (Å²) in [7, 11) is 0. The average molecular weight is 316 g/mol. The number of rotatable bonds is 3. The molecule has 1 aromatic carbocycles. The third kappa shape index (κ3) is 2.95. The van der Waals surface area contributed by atoms with E-state index in [9.17, 15) is 9.90 Å². The lowest BCUT2D eigenvalue weighted by Crippen LogP contribution is -2.35. The van der Waals surface area contributed by atoms with Crippen LogP contribution in [-0.2, 0) is 9.53 Å². The van der Waals surface area contributed by atoms with Crippen molar-refractivity contribution in [3.63, 3.8) is 0 Å². The van der Waals surface area contributed by atoms with Gasteiger partial charge in [-0.2, -0.15) is 0 Å². The van der Waals surface area contributed by atoms with Gasteiger partial charge in [-0.25, -0.2) is 4.98 Å². The Labute approximate surface area is 133 Å². The van der Waals surface area contributed by atoms with Crippen LogP contribution in [0.15, 0.2) is 18.2 Å². The minimum absolute atomic E-state index is 0.0459. The summed E-state index contributed by atoms with van der Waals surface area (Å²) in [6.45, 7) is 1.24. The largest absolute Gasteiger partial charge is 0.392 e. The van der Waals surface area contributed by atoms with E-state index in [4.69, 9.17) is 4.74 Å². The predicted molar refractivity (Wildman–Crippen MR) is 85.1 cm³/mol. The first-order valence-corrected chi connectivity index (χ1v) is 8.02. The van der Waals surface area contributed by atoms with Gasteiger partial charge in [0.1, 0.15) is 11.9 Å². The zero-order valence-corrected chi connectivity index (χ0v) is 12.7. The van der Waals surface area contributed by atoms with E-state index in [2.05, 4.69) is 20.6 Å². The molecule has 0 radical (unpaired) electrons. The second kappa shape index (κ2) is 5.92. The molecule has 7 heteroatoms. The van der Waals surface area contributed by atoms with E-state index in [1.165, 1.54) is 0 Å². The molecule has 3 unspecified atom stereocenters. The lowest BCUT2D eigenvalue weighted by Gasteiger charge is -2.10. The van der Waals surface area contributed by atoms with Gasteiger partial charge in [0.25, 0.3) is 0 Å². The second-order valence-corrected chi connectivity index (χ2v) is 6.20. The van der Waals surface area contributed by atoms with Crippen LogP contribution in [0.1, 0.15) is 31.2 Å². The summed E-state index contributed by atoms with van der Waals surface area (Å²) in [4.78, 5) is 20.0. The fourth-order valence-corrected chi connectivity index (χ4v) is 3.20. The number of aliphatic hydroxyl groups excluding tert-OH is 1. The van der Waals surface area contributed by atoms with Gasteiger partial charge in [-0.1, -0.05) is 0 Å². The average Bonchev–Trinajstić information content (AvgIpc) is 3.26. The van der Waals surface area contributed by atoms with Crippen molar-refractivity contribution in [3.8, 4) is 0 Å². The molecular formula is C16H20N4O3. The number of ether oxygens (including phenoxy) is 1. The van der Waals surface area contributed by atoms with Gasteiger partial charge in [-0.15, -0.1) is 0 Å². The predicted octanol–water partition coefficient (Wildman–Crippen LogP) is 1.08. The van der Waals surface area contributed by atoms with Crippen molar-refractivity contribution in [2.45, 2.75) is 37.5 Å². The molecule has 0 bridgehead atoms. The molecule has 2 aliphatic heterocycles. The number of imidazole rings is 1. The number of aliphatic hydroxyl groups is 1. The first kappa shape index (κ1) is 14.6. The van der Waals surface area contributed by atoms with Gasteiger partial charge in [-0.05, 0) is 37.5 Å². The van der Waals surface area contributed by atoms with Crippen LogP contribution in [0.3, 0.4) is 0 Å². The molecule has 2 aromatic rings. The molecule has 1 amide bonds. The molecule has 7 nitrogen and oxygen atoms in total. The molecule has 1 aromatic heterocycles. The van der Waals surface area contributed by atoms with Gasteiger partial charge in [0.15, 0.2) is 0 Å². The number of H-pyrrole nitrogens is 1. The highest BCUT2D eigenvalue weighted by atomic mass is 16.5. The van der Waals surface area contributed by atoms with Gasteiger partial charge in [0.05, 0.1) is 23.2 Å². The number of fused-ring (bicyclic) bond motifs is 1. The van der Waals surface area contributed by atoms with Crippen molar-refractivity contribution >= 4 is 22.6 Å². The molecule has 3 atom stereocenters. The number of aromatic amines is 1. The number of carbonyl (C=O) groups excluding carboxylic acids is 1. The van der Waals surface area contributed by atoms with Gasteiger partial charge in [0, 0.05) is 18.8 Å². The number of hydrogen-bond acceptors (Lipinski definition) is 5. The zero-order chi connectivity index (χ0) is 15.8. The van der Waals surface area contributed by atoms with E-state index in [0.717, 1.165) is 36.3 Å². The summed E-state index contributed by atoms with van der Waals surface area (Å²) in [5, 5.41) is 15.4. The summed E-state index contributed by atoms with van der Waals surface area (Å²) in [5.74, 6) is 0.723. The number of aromatic nitrogens is 2. The monoisotopic (exact) mass is 316 g/mol. The van der Waals surface area contributed by atoms with Crippen LogP contribution in [0.2, 0.25) is 0 Å². The SMILES string of the molecule is O=C(Nc1ccc2nc(C3CCCO3)[nH]c2c1)C1CC(O)CN1. The molecule has 2 saturated heterocycles. The van der Waals surface area contributed by atoms with Crippen LogP contribution in [0.5, 0.6) is 0 Å². The molecule has 4 rings (SSSR count). The highest BCUT2D eigenvalue weighted by Gasteiger charge is 2.28. The minimum atomic E-state index is -0.449. The standard InChI is InChI=1S/C16H20N4O3/c21-10-7-13(17-8-10)16(22)18-9-3-4-11-12(6-9)20-15(19-11)14-2-1-5-23-14/h3-4,6,10,13-14,17,21H,1-2,5,7-8H2,(H,18,22)(H,19,20). The number of β-amino-alcohol motifs (C(OH)–C–C–N with tert-alkyl or cyclic N) is 1. The molecule has 2 fully saturated rings. The Balaban J connectivity index is 1.50. The topological polar surface area (TPSA) is 99.3 Å². The van der Waals surface area contributed by atoms with Crippen molar-refractivity contribution in [2.75, 3.05) is 18.5 Å². The van der Waals surface area contributed by atoms with Gasteiger partial charge < -0.3 is 25.5 Å². The Morgan fingerprint density at radius 1 is 1.43 bits per heavy atom. The van der Waals surface area contributed by atoms with Crippen LogP contribution in [-0.4, -0.2) is 46.3 Å². The third-order valence-corrected chi connectivity index (χ3v) is 4.43. The number of amides is 1. The van der Waals surface area contributed by atoms with E-state index >= 15 is 0 Å². The Hall–Kier alpha value is -1.96. The van der Waals surface area contributed by atoms with Crippen LogP contribution in [0.4, 0.5) is 5.69 Å². The van der Waals surface area contributed by atoms with Crippen LogP contribution in [0.25, 0.3) is 11.0 Å². The molecule has 4 N–H and O–H groups in total. The summed E-state index contributed by atoms with van der Waals surface area (Å²) < 4.78 is 5.65.